The van der Waals surface area contributed by atoms with Crippen LogP contribution in [0.2, 0.25) is 0 Å². The van der Waals surface area contributed by atoms with Crippen molar-refractivity contribution < 1.29 is 23.1 Å². The van der Waals surface area contributed by atoms with E-state index >= 15 is 0 Å². The van der Waals surface area contributed by atoms with Crippen LogP contribution in [0.1, 0.15) is 49.1 Å². The molecular formula is C32H43N7O5S2. The second-order valence-corrected chi connectivity index (χ2v) is 15.3. The fraction of sp³-hybridized carbons (Fsp3) is 0.562. The Kier molecular flexibility index (Phi) is 10.6. The summed E-state index contributed by atoms with van der Waals surface area (Å²) in [7, 11) is -3.17. The number of H-pyrrole nitrogens is 1. The van der Waals surface area contributed by atoms with Gasteiger partial charge in [0.1, 0.15) is 6.61 Å². The molecule has 0 amide bonds. The minimum atomic E-state index is -3.17. The Hall–Kier alpha value is -3.01. The Labute approximate surface area is 273 Å². The van der Waals surface area contributed by atoms with E-state index in [1.54, 1.807) is 15.6 Å². The van der Waals surface area contributed by atoms with Crippen molar-refractivity contribution in [2.45, 2.75) is 51.5 Å². The summed E-state index contributed by atoms with van der Waals surface area (Å²) >= 11 is 1.72. The largest absolute Gasteiger partial charge is 0.389 e. The summed E-state index contributed by atoms with van der Waals surface area (Å²) in [5.41, 5.74) is 3.86. The third-order valence-electron chi connectivity index (χ3n) is 8.85. The van der Waals surface area contributed by atoms with E-state index in [0.29, 0.717) is 51.6 Å². The van der Waals surface area contributed by atoms with Crippen molar-refractivity contribution in [3.63, 3.8) is 0 Å². The Morgan fingerprint density at radius 2 is 1.76 bits per heavy atom. The number of unbranched alkanes of at least 4 members (excludes halogenated alkanes) is 4. The molecule has 248 valence electrons. The van der Waals surface area contributed by atoms with Gasteiger partial charge in [0.2, 0.25) is 10.0 Å². The van der Waals surface area contributed by atoms with E-state index in [1.165, 1.54) is 11.1 Å². The first-order valence-electron chi connectivity index (χ1n) is 16.2. The lowest BCUT2D eigenvalue weighted by Crippen LogP contribution is -2.47. The molecule has 2 saturated heterocycles. The van der Waals surface area contributed by atoms with Crippen LogP contribution in [0.25, 0.3) is 32.5 Å². The number of nitrogens with one attached hydrogen (secondary N) is 1. The monoisotopic (exact) mass is 669 g/mol. The smallest absolute Gasteiger partial charge is 0.211 e. The molecule has 12 nitrogen and oxygen atoms in total. The molecule has 0 aliphatic carbocycles. The number of aliphatic hydroxyl groups excluding tert-OH is 1. The van der Waals surface area contributed by atoms with Gasteiger partial charge in [-0.05, 0) is 31.4 Å². The molecule has 0 spiro atoms. The molecule has 0 saturated carbocycles. The number of morpholine rings is 1. The van der Waals surface area contributed by atoms with Gasteiger partial charge < -0.3 is 14.7 Å². The fourth-order valence-corrected chi connectivity index (χ4v) is 8.31. The number of aromatic amines is 1. The zero-order chi connectivity index (χ0) is 32.1. The lowest BCUT2D eigenvalue weighted by molar-refractivity contribution is -0.121. The van der Waals surface area contributed by atoms with Crippen molar-refractivity contribution in [3.05, 3.63) is 34.8 Å². The van der Waals surface area contributed by atoms with Gasteiger partial charge in [-0.15, -0.1) is 11.3 Å². The van der Waals surface area contributed by atoms with Gasteiger partial charge in [-0.3, -0.25) is 14.8 Å². The fourth-order valence-electron chi connectivity index (χ4n) is 6.33. The Morgan fingerprint density at radius 3 is 2.52 bits per heavy atom. The zero-order valence-electron chi connectivity index (χ0n) is 26.4. The maximum Gasteiger partial charge on any atom is 0.211 e. The van der Waals surface area contributed by atoms with Gasteiger partial charge in [-0.25, -0.2) is 18.4 Å². The number of hydrogen-bond acceptors (Lipinski definition) is 11. The van der Waals surface area contributed by atoms with Gasteiger partial charge in [-0.1, -0.05) is 31.4 Å². The quantitative estimate of drug-likeness (QED) is 0.191. The molecule has 3 aromatic heterocycles. The van der Waals surface area contributed by atoms with Crippen LogP contribution in [0.3, 0.4) is 0 Å². The van der Waals surface area contributed by atoms with Crippen molar-refractivity contribution >= 4 is 54.1 Å². The number of benzene rings is 1. The summed E-state index contributed by atoms with van der Waals surface area (Å²) in [6.45, 7) is 5.64. The van der Waals surface area contributed by atoms with Crippen molar-refractivity contribution in [2.24, 2.45) is 0 Å². The van der Waals surface area contributed by atoms with E-state index in [9.17, 15) is 13.2 Å². The highest BCUT2D eigenvalue weighted by atomic mass is 32.2. The number of anilines is 1. The predicted molar refractivity (Wildman–Crippen MR) is 181 cm³/mol. The highest BCUT2D eigenvalue weighted by Gasteiger charge is 2.25. The molecule has 0 atom stereocenters. The van der Waals surface area contributed by atoms with Crippen LogP contribution in [0, 0.1) is 0 Å². The topological polar surface area (TPSA) is 145 Å². The van der Waals surface area contributed by atoms with Gasteiger partial charge >= 0.3 is 0 Å². The van der Waals surface area contributed by atoms with Crippen LogP contribution in [-0.4, -0.2) is 114 Å². The first-order valence-corrected chi connectivity index (χ1v) is 18.9. The standard InChI is InChI=1S/C32H43N7O5S2/c1-46(42,43)39-14-12-37(13-15-39)21-24-20-28-30(45-24)32(38-16-18-44-19-17-38)34-31(33-28)25-9-7-11-27-29(25)26(35-36-27)10-6-4-2-3-5-8-23(41)22-40/h7,9,11,20,40H,2-6,8,10,12-19,21-22H2,1H3,(H,35,36). The molecule has 0 bridgehead atoms. The van der Waals surface area contributed by atoms with E-state index in [2.05, 4.69) is 32.1 Å². The number of hydrogen-bond donors (Lipinski definition) is 2. The third kappa shape index (κ3) is 7.75. The van der Waals surface area contributed by atoms with Crippen LogP contribution in [-0.2, 0) is 32.5 Å². The van der Waals surface area contributed by atoms with Crippen molar-refractivity contribution in [1.82, 2.24) is 29.4 Å². The summed E-state index contributed by atoms with van der Waals surface area (Å²) in [5.74, 6) is 1.53. The van der Waals surface area contributed by atoms with Crippen LogP contribution in [0.15, 0.2) is 24.3 Å². The molecule has 6 rings (SSSR count). The van der Waals surface area contributed by atoms with Crippen molar-refractivity contribution in [3.8, 4) is 11.4 Å². The second kappa shape index (κ2) is 14.8. The SMILES string of the molecule is CS(=O)(=O)N1CCN(Cc2cc3nc(-c4cccc5n[nH]c(CCCCCCCC(=O)CO)c45)nc(N4CCOCC4)c3s2)CC1. The summed E-state index contributed by atoms with van der Waals surface area (Å²) in [6.07, 6.45) is 7.51. The number of carbonyl (C=O) groups excluding carboxylic acids is 1. The molecule has 46 heavy (non-hydrogen) atoms. The molecule has 4 aromatic rings. The predicted octanol–water partition coefficient (Wildman–Crippen LogP) is 3.59. The van der Waals surface area contributed by atoms with Crippen LogP contribution >= 0.6 is 11.3 Å². The summed E-state index contributed by atoms with van der Waals surface area (Å²) in [6, 6.07) is 8.28. The van der Waals surface area contributed by atoms with Crippen molar-refractivity contribution in [2.75, 3.05) is 70.2 Å². The second-order valence-electron chi connectivity index (χ2n) is 12.2. The molecule has 0 radical (unpaired) electrons. The van der Waals surface area contributed by atoms with Crippen LogP contribution < -0.4 is 4.90 Å². The summed E-state index contributed by atoms with van der Waals surface area (Å²) in [5, 5.41) is 17.8. The molecule has 0 unspecified atom stereocenters. The van der Waals surface area contributed by atoms with Crippen molar-refractivity contribution in [1.29, 1.82) is 0 Å². The molecule has 2 aliphatic rings. The van der Waals surface area contributed by atoms with E-state index < -0.39 is 10.0 Å². The van der Waals surface area contributed by atoms with Gasteiger partial charge in [0.15, 0.2) is 17.4 Å². The number of aliphatic hydroxyl groups is 1. The molecule has 1 aromatic carbocycles. The number of aryl methyl sites for hydroxylation is 1. The van der Waals surface area contributed by atoms with Crippen LogP contribution in [0.5, 0.6) is 0 Å². The lowest BCUT2D eigenvalue weighted by Gasteiger charge is -2.32. The molecule has 2 aliphatic heterocycles. The number of nitrogens with zero attached hydrogens (tertiary/aromatic N) is 6. The Bertz CT molecular complexity index is 1760. The molecule has 2 fully saturated rings. The minimum absolute atomic E-state index is 0.0858. The van der Waals surface area contributed by atoms with E-state index in [0.717, 1.165) is 96.4 Å². The minimum Gasteiger partial charge on any atom is -0.389 e. The summed E-state index contributed by atoms with van der Waals surface area (Å²) < 4.78 is 32.2. The zero-order valence-corrected chi connectivity index (χ0v) is 28.0. The number of piperazine rings is 1. The highest BCUT2D eigenvalue weighted by molar-refractivity contribution is 7.88. The van der Waals surface area contributed by atoms with Crippen LogP contribution in [0.4, 0.5) is 5.82 Å². The van der Waals surface area contributed by atoms with E-state index in [1.807, 2.05) is 12.1 Å². The van der Waals surface area contributed by atoms with Gasteiger partial charge in [0.25, 0.3) is 0 Å². The number of rotatable bonds is 14. The molecule has 5 heterocycles. The number of thiophene rings is 1. The number of ether oxygens (including phenoxy) is 1. The number of carbonyl (C=O) groups is 1. The third-order valence-corrected chi connectivity index (χ3v) is 11.3. The average Bonchev–Trinajstić information content (AvgIpc) is 3.67. The maximum absolute atomic E-state index is 12.0. The molecular weight excluding hydrogens is 627 g/mol. The number of Topliss-reactive ketones (excluding diaryl/α,β-unsaturated/α-hetero) is 1. The van der Waals surface area contributed by atoms with Gasteiger partial charge in [-0.2, -0.15) is 9.40 Å². The Morgan fingerprint density at radius 1 is 1.00 bits per heavy atom. The lowest BCUT2D eigenvalue weighted by atomic mass is 10.0. The first-order chi connectivity index (χ1) is 22.3. The Balaban J connectivity index is 1.24. The average molecular weight is 670 g/mol. The first kappa shape index (κ1) is 32.9. The molecule has 2 N–H and O–H groups in total. The van der Waals surface area contributed by atoms with Gasteiger partial charge in [0, 0.05) is 73.8 Å². The number of sulfonamides is 1. The van der Waals surface area contributed by atoms with E-state index in [4.69, 9.17) is 19.8 Å². The summed E-state index contributed by atoms with van der Waals surface area (Å²) in [4.78, 5) is 27.5. The normalized spacial score (nSPS) is 17.0. The number of aromatic nitrogens is 4. The highest BCUT2D eigenvalue weighted by Crippen LogP contribution is 2.37. The maximum atomic E-state index is 12.0. The molecule has 14 heteroatoms. The van der Waals surface area contributed by atoms with Gasteiger partial charge in [0.05, 0.1) is 35.2 Å². The number of ketones is 1. The van der Waals surface area contributed by atoms with E-state index in [-0.39, 0.29) is 12.4 Å². The number of fused-ring (bicyclic) bond motifs is 2.